The topological polar surface area (TPSA) is 109 Å². The normalized spacial score (nSPS) is 10.2. The number of Topliss-reactive ketones (excluding diaryl/α,β-unsaturated/α-hetero) is 2. The molecule has 0 aliphatic carbocycles. The fraction of sp³-hybridized carbons (Fsp3) is 0.882. The first-order valence-electron chi connectivity index (χ1n) is 8.75. The summed E-state index contributed by atoms with van der Waals surface area (Å²) >= 11 is 0. The first-order valence-corrected chi connectivity index (χ1v) is 8.75. The lowest BCUT2D eigenvalue weighted by Crippen LogP contribution is -2.20. The minimum Gasteiger partial charge on any atom is -0.379 e. The van der Waals surface area contributed by atoms with E-state index in [-0.39, 0.29) is 31.3 Å². The van der Waals surface area contributed by atoms with Crippen LogP contribution in [0.25, 0.3) is 0 Å². The number of carbonyl (C=O) groups is 2. The molecule has 0 aliphatic rings. The number of hydrogen-bond donors (Lipinski definition) is 2. The van der Waals surface area contributed by atoms with Gasteiger partial charge in [-0.2, -0.15) is 0 Å². The van der Waals surface area contributed by atoms with E-state index >= 15 is 0 Å². The molecule has 25 heavy (non-hydrogen) atoms. The second kappa shape index (κ2) is 23.1. The second-order valence-electron chi connectivity index (χ2n) is 5.23. The molecule has 0 aromatic carbocycles. The molecular weight excluding hydrogens is 328 g/mol. The summed E-state index contributed by atoms with van der Waals surface area (Å²) in [7, 11) is 1.91. The Kier molecular flexibility index (Phi) is 24.3. The third-order valence-electron chi connectivity index (χ3n) is 2.68. The van der Waals surface area contributed by atoms with Gasteiger partial charge in [-0.05, 0) is 20.4 Å². The Morgan fingerprint density at radius 2 is 1.44 bits per heavy atom. The Balaban J connectivity index is 0. The van der Waals surface area contributed by atoms with Crippen LogP contribution in [0, 0.1) is 0 Å². The molecule has 0 unspecified atom stereocenters. The number of nitrogens with one attached hydrogen (secondary N) is 1. The van der Waals surface area contributed by atoms with Crippen molar-refractivity contribution in [2.45, 2.75) is 26.7 Å². The van der Waals surface area contributed by atoms with Gasteiger partial charge in [-0.3, -0.25) is 9.59 Å². The van der Waals surface area contributed by atoms with Gasteiger partial charge in [0.2, 0.25) is 0 Å². The van der Waals surface area contributed by atoms with E-state index in [2.05, 4.69) is 17.0 Å². The zero-order chi connectivity index (χ0) is 19.2. The molecule has 0 saturated carbocycles. The number of carbonyl (C=O) groups excluding carboxylic acids is 2. The van der Waals surface area contributed by atoms with E-state index in [1.807, 2.05) is 7.05 Å². The van der Waals surface area contributed by atoms with Crippen molar-refractivity contribution in [2.75, 3.05) is 73.0 Å². The molecule has 0 atom stereocenters. The summed E-state index contributed by atoms with van der Waals surface area (Å²) in [6.45, 7) is 8.60. The summed E-state index contributed by atoms with van der Waals surface area (Å²) < 4.78 is 20.6. The molecule has 0 fully saturated rings. The van der Waals surface area contributed by atoms with Crippen LogP contribution in [-0.2, 0) is 28.5 Å². The van der Waals surface area contributed by atoms with Crippen LogP contribution in [0.4, 0.5) is 0 Å². The maximum absolute atomic E-state index is 10.4. The number of hydrogen-bond acceptors (Lipinski definition) is 8. The maximum atomic E-state index is 10.4. The van der Waals surface area contributed by atoms with Gasteiger partial charge in [0.15, 0.2) is 11.6 Å². The number of rotatable bonds is 17. The number of likely N-dealkylation sites (N-methyl/N-ethyl adjacent to an activating group) is 1. The number of nitrogens with two attached hydrogens (primary N) is 1. The standard InChI is InChI=1S/C11H25NO3.C6H11NO3/c1-3-4-6-13-8-10-15-11-9-14-7-5-12-2;1-5(8)3-10-4-6(9)2-7/h12H,3-11H2,1-2H3;2-4,7H2,1H3. The van der Waals surface area contributed by atoms with Crippen molar-refractivity contribution in [2.24, 2.45) is 5.73 Å². The third-order valence-corrected chi connectivity index (χ3v) is 2.68. The van der Waals surface area contributed by atoms with Crippen molar-refractivity contribution in [1.82, 2.24) is 5.32 Å². The van der Waals surface area contributed by atoms with Gasteiger partial charge in [-0.15, -0.1) is 0 Å². The molecule has 8 heteroatoms. The van der Waals surface area contributed by atoms with E-state index in [9.17, 15) is 9.59 Å². The van der Waals surface area contributed by atoms with Crippen LogP contribution in [0.15, 0.2) is 0 Å². The van der Waals surface area contributed by atoms with Crippen LogP contribution in [0.3, 0.4) is 0 Å². The first kappa shape index (κ1) is 26.3. The largest absolute Gasteiger partial charge is 0.379 e. The molecule has 0 amide bonds. The van der Waals surface area contributed by atoms with E-state index in [0.29, 0.717) is 26.4 Å². The molecule has 0 bridgehead atoms. The average Bonchev–Trinajstić information content (AvgIpc) is 2.60. The third kappa shape index (κ3) is 28.2. The summed E-state index contributed by atoms with van der Waals surface area (Å²) in [4.78, 5) is 20.7. The van der Waals surface area contributed by atoms with Gasteiger partial charge < -0.3 is 30.0 Å². The highest BCUT2D eigenvalue weighted by molar-refractivity contribution is 5.82. The molecule has 0 aromatic rings. The summed E-state index contributed by atoms with van der Waals surface area (Å²) in [6, 6.07) is 0. The van der Waals surface area contributed by atoms with Gasteiger partial charge in [-0.1, -0.05) is 13.3 Å². The Morgan fingerprint density at radius 1 is 0.880 bits per heavy atom. The van der Waals surface area contributed by atoms with E-state index in [4.69, 9.17) is 19.9 Å². The molecule has 150 valence electrons. The van der Waals surface area contributed by atoms with Crippen molar-refractivity contribution in [3.63, 3.8) is 0 Å². The van der Waals surface area contributed by atoms with Gasteiger partial charge in [0.25, 0.3) is 0 Å². The summed E-state index contributed by atoms with van der Waals surface area (Å²) in [6.07, 6.45) is 2.31. The Bertz CT molecular complexity index is 291. The first-order chi connectivity index (χ1) is 12.1. The predicted molar refractivity (Wildman–Crippen MR) is 96.9 cm³/mol. The van der Waals surface area contributed by atoms with Gasteiger partial charge in [-0.25, -0.2) is 0 Å². The van der Waals surface area contributed by atoms with Crippen molar-refractivity contribution in [1.29, 1.82) is 0 Å². The highest BCUT2D eigenvalue weighted by Crippen LogP contribution is 1.87. The molecule has 0 aliphatic heterocycles. The summed E-state index contributed by atoms with van der Waals surface area (Å²) in [5.41, 5.74) is 4.97. The highest BCUT2D eigenvalue weighted by atomic mass is 16.5. The molecule has 8 nitrogen and oxygen atoms in total. The number of ether oxygens (including phenoxy) is 4. The molecule has 0 saturated heterocycles. The number of unbranched alkanes of at least 4 members (excludes halogenated alkanes) is 1. The van der Waals surface area contributed by atoms with Gasteiger partial charge in [0, 0.05) is 13.2 Å². The zero-order valence-corrected chi connectivity index (χ0v) is 16.0. The van der Waals surface area contributed by atoms with Crippen molar-refractivity contribution < 1.29 is 28.5 Å². The molecule has 0 heterocycles. The minimum absolute atomic E-state index is 0.00819. The lowest BCUT2D eigenvalue weighted by atomic mass is 10.4. The molecule has 0 rings (SSSR count). The average molecular weight is 364 g/mol. The SMILES string of the molecule is CC(=O)COCC(=O)CN.CCCCOCCOCCOCCNC. The van der Waals surface area contributed by atoms with E-state index < -0.39 is 0 Å². The quantitative estimate of drug-likeness (QED) is 0.352. The summed E-state index contributed by atoms with van der Waals surface area (Å²) in [5.74, 6) is -0.286. The van der Waals surface area contributed by atoms with Crippen molar-refractivity contribution in [3.8, 4) is 0 Å². The van der Waals surface area contributed by atoms with Gasteiger partial charge >= 0.3 is 0 Å². The van der Waals surface area contributed by atoms with Crippen LogP contribution >= 0.6 is 0 Å². The van der Waals surface area contributed by atoms with Crippen LogP contribution in [0.2, 0.25) is 0 Å². The molecule has 3 N–H and O–H groups in total. The molecule has 0 radical (unpaired) electrons. The van der Waals surface area contributed by atoms with Crippen molar-refractivity contribution >= 4 is 11.6 Å². The number of ketones is 2. The van der Waals surface area contributed by atoms with Crippen LogP contribution in [-0.4, -0.2) is 84.6 Å². The monoisotopic (exact) mass is 364 g/mol. The highest BCUT2D eigenvalue weighted by Gasteiger charge is 1.98. The van der Waals surface area contributed by atoms with Gasteiger partial charge in [0.1, 0.15) is 13.2 Å². The van der Waals surface area contributed by atoms with Crippen LogP contribution in [0.5, 0.6) is 0 Å². The summed E-state index contributed by atoms with van der Waals surface area (Å²) in [5, 5.41) is 3.01. The van der Waals surface area contributed by atoms with Crippen LogP contribution < -0.4 is 11.1 Å². The van der Waals surface area contributed by atoms with Gasteiger partial charge in [0.05, 0.1) is 39.6 Å². The van der Waals surface area contributed by atoms with E-state index in [1.54, 1.807) is 0 Å². The lowest BCUT2D eigenvalue weighted by molar-refractivity contribution is -0.126. The smallest absolute Gasteiger partial charge is 0.171 e. The zero-order valence-electron chi connectivity index (χ0n) is 16.0. The maximum Gasteiger partial charge on any atom is 0.171 e. The molecule has 0 aromatic heterocycles. The predicted octanol–water partition coefficient (Wildman–Crippen LogP) is 0.176. The Labute approximate surface area is 151 Å². The van der Waals surface area contributed by atoms with E-state index in [0.717, 1.165) is 26.2 Å². The lowest BCUT2D eigenvalue weighted by Gasteiger charge is -2.06. The Morgan fingerprint density at radius 3 is 1.92 bits per heavy atom. The fourth-order valence-electron chi connectivity index (χ4n) is 1.33. The van der Waals surface area contributed by atoms with Crippen molar-refractivity contribution in [3.05, 3.63) is 0 Å². The Hall–Kier alpha value is -0.900. The van der Waals surface area contributed by atoms with E-state index in [1.165, 1.54) is 13.3 Å². The molecular formula is C17H36N2O6. The second-order valence-corrected chi connectivity index (χ2v) is 5.23. The fourth-order valence-corrected chi connectivity index (χ4v) is 1.33. The minimum atomic E-state index is -0.193. The van der Waals surface area contributed by atoms with Crippen LogP contribution in [0.1, 0.15) is 26.7 Å². The molecule has 0 spiro atoms.